The molecule has 1 heterocycles. The molecule has 128 valence electrons. The molecule has 0 saturated carbocycles. The summed E-state index contributed by atoms with van der Waals surface area (Å²) >= 11 is 0. The maximum Gasteiger partial charge on any atom is 0.419 e. The number of nitrogens with two attached hydrogens (primary N) is 1. The van der Waals surface area contributed by atoms with Crippen LogP contribution in [0.25, 0.3) is 0 Å². The molecule has 24 heavy (non-hydrogen) atoms. The van der Waals surface area contributed by atoms with Crippen molar-refractivity contribution < 1.29 is 22.7 Å². The highest BCUT2D eigenvalue weighted by Gasteiger charge is 2.34. The van der Waals surface area contributed by atoms with Crippen LogP contribution < -0.4 is 5.73 Å². The third-order valence-corrected chi connectivity index (χ3v) is 3.50. The van der Waals surface area contributed by atoms with Crippen LogP contribution in [0.2, 0.25) is 0 Å². The minimum absolute atomic E-state index is 0.0275. The number of aryl methyl sites for hydroxylation is 2. The first-order valence-corrected chi connectivity index (χ1v) is 7.13. The van der Waals surface area contributed by atoms with Crippen LogP contribution in [0, 0.1) is 0 Å². The van der Waals surface area contributed by atoms with Crippen LogP contribution in [-0.2, 0) is 35.0 Å². The highest BCUT2D eigenvalue weighted by molar-refractivity contribution is 5.72. The Hall–Kier alpha value is -2.64. The Bertz CT molecular complexity index is 733. The van der Waals surface area contributed by atoms with Crippen molar-refractivity contribution >= 4 is 11.9 Å². The van der Waals surface area contributed by atoms with Crippen molar-refractivity contribution in [2.75, 3.05) is 12.8 Å². The molecule has 2 aromatic rings. The van der Waals surface area contributed by atoms with Gasteiger partial charge < -0.3 is 10.5 Å². The molecule has 8 heteroatoms. The topological polar surface area (TPSA) is 78.1 Å². The number of rotatable bonds is 5. The molecule has 0 radical (unpaired) electrons. The number of ether oxygens (including phenoxy) is 1. The number of methoxy groups -OCH3 is 1. The Balaban J connectivity index is 2.23. The molecule has 0 unspecified atom stereocenters. The molecular weight excluding hydrogens is 323 g/mol. The lowest BCUT2D eigenvalue weighted by Gasteiger charge is -2.13. The number of nitrogens with zero attached hydrogens (tertiary/aromatic N) is 2. The predicted octanol–water partition coefficient (Wildman–Crippen LogP) is 2.58. The summed E-state index contributed by atoms with van der Waals surface area (Å²) in [4.78, 5) is 18.6. The van der Waals surface area contributed by atoms with Gasteiger partial charge in [-0.25, -0.2) is 9.97 Å². The molecule has 0 aliphatic heterocycles. The average molecular weight is 339 g/mol. The number of esters is 1. The molecular formula is C16H16F3N3O2. The van der Waals surface area contributed by atoms with E-state index >= 15 is 0 Å². The third-order valence-electron chi connectivity index (χ3n) is 3.50. The van der Waals surface area contributed by atoms with Gasteiger partial charge in [0.05, 0.1) is 24.8 Å². The highest BCUT2D eigenvalue weighted by atomic mass is 19.4. The van der Waals surface area contributed by atoms with Crippen LogP contribution in [0.5, 0.6) is 0 Å². The van der Waals surface area contributed by atoms with E-state index in [2.05, 4.69) is 14.7 Å². The van der Waals surface area contributed by atoms with Crippen molar-refractivity contribution in [2.45, 2.75) is 25.4 Å². The van der Waals surface area contributed by atoms with E-state index in [-0.39, 0.29) is 30.9 Å². The lowest BCUT2D eigenvalue weighted by atomic mass is 9.98. The molecule has 2 rings (SSSR count). The number of benzene rings is 1. The van der Waals surface area contributed by atoms with Crippen LogP contribution in [0.3, 0.4) is 0 Å². The van der Waals surface area contributed by atoms with Crippen molar-refractivity contribution in [3.8, 4) is 0 Å². The van der Waals surface area contributed by atoms with Gasteiger partial charge in [-0.1, -0.05) is 24.3 Å². The number of halogens is 3. The first-order chi connectivity index (χ1) is 11.3. The van der Waals surface area contributed by atoms with E-state index in [1.165, 1.54) is 7.11 Å². The van der Waals surface area contributed by atoms with E-state index in [1.54, 1.807) is 24.3 Å². The first kappa shape index (κ1) is 17.7. The number of carbonyl (C=O) groups is 1. The zero-order valence-electron chi connectivity index (χ0n) is 12.9. The number of anilines is 1. The van der Waals surface area contributed by atoms with Gasteiger partial charge >= 0.3 is 12.1 Å². The number of carbonyl (C=O) groups excluding carboxylic acids is 1. The van der Waals surface area contributed by atoms with Crippen molar-refractivity contribution in [3.05, 3.63) is 52.8 Å². The van der Waals surface area contributed by atoms with Crippen LogP contribution in [0.1, 0.15) is 22.4 Å². The van der Waals surface area contributed by atoms with Gasteiger partial charge in [-0.3, -0.25) is 4.79 Å². The normalized spacial score (nSPS) is 11.3. The van der Waals surface area contributed by atoms with Gasteiger partial charge in [0.2, 0.25) is 5.95 Å². The maximum atomic E-state index is 13.0. The maximum absolute atomic E-state index is 13.0. The van der Waals surface area contributed by atoms with Crippen molar-refractivity contribution in [2.24, 2.45) is 0 Å². The second-order valence-corrected chi connectivity index (χ2v) is 5.11. The van der Waals surface area contributed by atoms with Crippen LogP contribution >= 0.6 is 0 Å². The lowest BCUT2D eigenvalue weighted by molar-refractivity contribution is -0.140. The second-order valence-electron chi connectivity index (χ2n) is 5.11. The van der Waals surface area contributed by atoms with Crippen LogP contribution in [0.4, 0.5) is 19.1 Å². The fourth-order valence-corrected chi connectivity index (χ4v) is 2.31. The van der Waals surface area contributed by atoms with Gasteiger partial charge in [0.1, 0.15) is 0 Å². The smallest absolute Gasteiger partial charge is 0.419 e. The predicted molar refractivity (Wildman–Crippen MR) is 81.0 cm³/mol. The van der Waals surface area contributed by atoms with E-state index in [0.29, 0.717) is 11.8 Å². The Morgan fingerprint density at radius 2 is 1.88 bits per heavy atom. The minimum atomic E-state index is -4.55. The number of hydrogen-bond acceptors (Lipinski definition) is 5. The molecule has 0 aliphatic rings. The molecule has 0 spiro atoms. The summed E-state index contributed by atoms with van der Waals surface area (Å²) in [5.41, 5.74) is 5.80. The Morgan fingerprint density at radius 1 is 1.21 bits per heavy atom. The molecule has 1 aromatic heterocycles. The van der Waals surface area contributed by atoms with Gasteiger partial charge in [0.15, 0.2) is 0 Å². The Labute approximate surface area is 136 Å². The molecule has 0 atom stereocenters. The first-order valence-electron chi connectivity index (χ1n) is 7.13. The largest absolute Gasteiger partial charge is 0.469 e. The average Bonchev–Trinajstić information content (AvgIpc) is 2.52. The monoisotopic (exact) mass is 339 g/mol. The molecule has 1 aromatic carbocycles. The molecule has 0 amide bonds. The highest BCUT2D eigenvalue weighted by Crippen LogP contribution is 2.31. The zero-order valence-corrected chi connectivity index (χ0v) is 12.9. The van der Waals surface area contributed by atoms with Gasteiger partial charge in [0, 0.05) is 6.20 Å². The van der Waals surface area contributed by atoms with Gasteiger partial charge in [-0.05, 0) is 24.0 Å². The summed E-state index contributed by atoms with van der Waals surface area (Å²) in [5.74, 6) is -0.620. The lowest BCUT2D eigenvalue weighted by Crippen LogP contribution is -2.14. The number of nitrogen functional groups attached to an aromatic ring is 1. The summed E-state index contributed by atoms with van der Waals surface area (Å²) in [6.45, 7) is 0. The molecule has 0 aliphatic carbocycles. The summed E-state index contributed by atoms with van der Waals surface area (Å²) in [7, 11) is 1.28. The van der Waals surface area contributed by atoms with E-state index in [4.69, 9.17) is 5.73 Å². The number of aromatic nitrogens is 2. The van der Waals surface area contributed by atoms with Crippen molar-refractivity contribution in [3.63, 3.8) is 0 Å². The Kier molecular flexibility index (Phi) is 5.38. The van der Waals surface area contributed by atoms with Gasteiger partial charge in [0.25, 0.3) is 0 Å². The van der Waals surface area contributed by atoms with E-state index < -0.39 is 17.7 Å². The summed E-state index contributed by atoms with van der Waals surface area (Å²) in [6.07, 6.45) is -3.48. The van der Waals surface area contributed by atoms with E-state index in [0.717, 1.165) is 5.56 Å². The number of alkyl halides is 3. The fourth-order valence-electron chi connectivity index (χ4n) is 2.31. The molecule has 0 saturated heterocycles. The second kappa shape index (κ2) is 7.29. The van der Waals surface area contributed by atoms with E-state index in [9.17, 15) is 18.0 Å². The summed E-state index contributed by atoms with van der Waals surface area (Å²) in [5, 5.41) is 0. The van der Waals surface area contributed by atoms with Crippen molar-refractivity contribution in [1.82, 2.24) is 9.97 Å². The van der Waals surface area contributed by atoms with Gasteiger partial charge in [-0.2, -0.15) is 13.2 Å². The van der Waals surface area contributed by atoms with Crippen LogP contribution in [0.15, 0.2) is 30.5 Å². The van der Waals surface area contributed by atoms with Crippen LogP contribution in [-0.4, -0.2) is 23.0 Å². The molecule has 0 bridgehead atoms. The third kappa shape index (κ3) is 4.43. The SMILES string of the molecule is COC(=O)Cc1ccccc1CCc1nc(N)ncc1C(F)(F)F. The van der Waals surface area contributed by atoms with Gasteiger partial charge in [-0.15, -0.1) is 0 Å². The molecule has 2 N–H and O–H groups in total. The zero-order chi connectivity index (χ0) is 17.7. The Morgan fingerprint density at radius 3 is 2.50 bits per heavy atom. The quantitative estimate of drug-likeness (QED) is 0.847. The summed E-state index contributed by atoms with van der Waals surface area (Å²) in [6, 6.07) is 7.02. The number of hydrogen-bond donors (Lipinski definition) is 1. The minimum Gasteiger partial charge on any atom is -0.469 e. The molecule has 5 nitrogen and oxygen atoms in total. The molecule has 0 fully saturated rings. The van der Waals surface area contributed by atoms with Crippen molar-refractivity contribution in [1.29, 1.82) is 0 Å². The standard InChI is InChI=1S/C16H16F3N3O2/c1-24-14(23)8-11-5-3-2-4-10(11)6-7-13-12(16(17,18)19)9-21-15(20)22-13/h2-5,9H,6-8H2,1H3,(H2,20,21,22). The summed E-state index contributed by atoms with van der Waals surface area (Å²) < 4.78 is 43.7. The fraction of sp³-hybridized carbons (Fsp3) is 0.312. The van der Waals surface area contributed by atoms with E-state index in [1.807, 2.05) is 0 Å².